The zero-order chi connectivity index (χ0) is 30.6. The lowest BCUT2D eigenvalue weighted by Gasteiger charge is -2.10. The summed E-state index contributed by atoms with van der Waals surface area (Å²) in [6, 6.07) is 21.8. The van der Waals surface area contributed by atoms with Crippen LogP contribution in [0.15, 0.2) is 97.3 Å². The first kappa shape index (κ1) is 31.3. The van der Waals surface area contributed by atoms with E-state index in [1.807, 2.05) is 55.1 Å². The number of thioether (sulfide) groups is 1. The van der Waals surface area contributed by atoms with Gasteiger partial charge in [-0.3, -0.25) is 9.59 Å². The average Bonchev–Trinajstić information content (AvgIpc) is 3.43. The second-order valence-electron chi connectivity index (χ2n) is 9.23. The van der Waals surface area contributed by atoms with Gasteiger partial charge in [-0.15, -0.1) is 0 Å². The molecular weight excluding hydrogens is 582 g/mol. The molecule has 5 N–H and O–H groups in total. The Bertz CT molecular complexity index is 1720. The third-order valence-corrected chi connectivity index (χ3v) is 6.25. The van der Waals surface area contributed by atoms with Gasteiger partial charge in [0.1, 0.15) is 0 Å². The summed E-state index contributed by atoms with van der Waals surface area (Å²) in [6.45, 7) is 0.599. The molecule has 0 aliphatic rings. The number of benzene rings is 3. The van der Waals surface area contributed by atoms with Crippen LogP contribution in [0.25, 0.3) is 22.2 Å². The van der Waals surface area contributed by atoms with E-state index in [0.29, 0.717) is 45.8 Å². The molecule has 2 amide bonds. The Kier molecular flexibility index (Phi) is 11.3. The van der Waals surface area contributed by atoms with Crippen molar-refractivity contribution in [2.75, 3.05) is 42.1 Å². The van der Waals surface area contributed by atoms with E-state index in [1.165, 1.54) is 6.08 Å². The summed E-state index contributed by atoms with van der Waals surface area (Å²) in [5.74, 6) is -0.157. The first-order valence-electron chi connectivity index (χ1n) is 13.3. The molecule has 0 fully saturated rings. The van der Waals surface area contributed by atoms with Crippen LogP contribution in [-0.2, 0) is 4.79 Å². The Morgan fingerprint density at radius 1 is 0.953 bits per heavy atom. The maximum atomic E-state index is 12.8. The maximum Gasteiger partial charge on any atom is 0.255 e. The van der Waals surface area contributed by atoms with Crippen molar-refractivity contribution in [1.29, 1.82) is 0 Å². The van der Waals surface area contributed by atoms with Gasteiger partial charge in [-0.05, 0) is 68.1 Å². The molecule has 220 valence electrons. The van der Waals surface area contributed by atoms with E-state index in [9.17, 15) is 9.59 Å². The molecule has 0 unspecified atom stereocenters. The first-order chi connectivity index (χ1) is 20.9. The van der Waals surface area contributed by atoms with Crippen LogP contribution in [0.3, 0.4) is 0 Å². The van der Waals surface area contributed by atoms with Crippen LogP contribution in [-0.4, -0.2) is 52.9 Å². The van der Waals surface area contributed by atoms with Crippen molar-refractivity contribution in [1.82, 2.24) is 20.3 Å². The van der Waals surface area contributed by atoms with Gasteiger partial charge in [-0.25, -0.2) is 9.97 Å². The number of H-pyrrole nitrogens is 1. The predicted molar refractivity (Wildman–Crippen MR) is 180 cm³/mol. The molecule has 43 heavy (non-hydrogen) atoms. The molecule has 0 bridgehead atoms. The molecule has 5 rings (SSSR count). The Hall–Kier alpha value is -4.64. The molecular formula is C32H32ClN7O2S. The average molecular weight is 614 g/mol. The fourth-order valence-electron chi connectivity index (χ4n) is 4.06. The van der Waals surface area contributed by atoms with Gasteiger partial charge in [0.25, 0.3) is 5.91 Å². The van der Waals surface area contributed by atoms with E-state index < -0.39 is 0 Å². The lowest BCUT2D eigenvalue weighted by atomic mass is 10.1. The molecule has 0 atom stereocenters. The van der Waals surface area contributed by atoms with Crippen molar-refractivity contribution in [3.63, 3.8) is 0 Å². The predicted octanol–water partition coefficient (Wildman–Crippen LogP) is 6.97. The van der Waals surface area contributed by atoms with E-state index >= 15 is 0 Å². The molecule has 9 nitrogen and oxygen atoms in total. The zero-order valence-electron chi connectivity index (χ0n) is 23.9. The second-order valence-corrected chi connectivity index (χ2v) is 10.5. The van der Waals surface area contributed by atoms with Crippen LogP contribution in [0.1, 0.15) is 10.4 Å². The second kappa shape index (κ2) is 15.5. The molecule has 0 saturated heterocycles. The first-order valence-corrected chi connectivity index (χ1v) is 15.3. The minimum Gasteiger partial charge on any atom is -0.360 e. The summed E-state index contributed by atoms with van der Waals surface area (Å²) in [6.07, 6.45) is 10.7. The number of rotatable bonds is 9. The standard InChI is InChI=1S/C30H26ClN7O2.C2H6S/c1-32-15-5-10-27(39)35-20-13-11-19(12-14-20)29(40)36-21-6-4-7-22(16-21)37-30-34-18-25(31)28(38-30)24-17-33-26-9-3-2-8-23(24)26;1-3-2/h2-14,16-18,32-33H,15H2,1H3,(H,35,39)(H,36,40)(H,34,37,38);1-2H3/b10-5+;. The van der Waals surface area contributed by atoms with Crippen LogP contribution >= 0.6 is 23.4 Å². The summed E-state index contributed by atoms with van der Waals surface area (Å²) in [5, 5.41) is 13.2. The summed E-state index contributed by atoms with van der Waals surface area (Å²) in [4.78, 5) is 37.0. The molecule has 0 saturated carbocycles. The molecule has 0 aliphatic heterocycles. The molecule has 11 heteroatoms. The minimum atomic E-state index is -0.284. The summed E-state index contributed by atoms with van der Waals surface area (Å²) in [7, 11) is 1.80. The van der Waals surface area contributed by atoms with Gasteiger partial charge in [0.2, 0.25) is 11.9 Å². The third-order valence-electron chi connectivity index (χ3n) is 5.97. The van der Waals surface area contributed by atoms with Gasteiger partial charge in [-0.1, -0.05) is 41.9 Å². The number of hydrogen-bond acceptors (Lipinski definition) is 7. The van der Waals surface area contributed by atoms with E-state index in [4.69, 9.17) is 11.6 Å². The molecule has 5 aromatic rings. The maximum absolute atomic E-state index is 12.8. The number of halogens is 1. The fraction of sp³-hybridized carbons (Fsp3) is 0.125. The monoisotopic (exact) mass is 613 g/mol. The Morgan fingerprint density at radius 3 is 2.47 bits per heavy atom. The fourth-order valence-corrected chi connectivity index (χ4v) is 4.26. The largest absolute Gasteiger partial charge is 0.360 e. The number of fused-ring (bicyclic) bond motifs is 1. The number of para-hydroxylation sites is 1. The van der Waals surface area contributed by atoms with E-state index in [0.717, 1.165) is 16.5 Å². The quantitative estimate of drug-likeness (QED) is 0.114. The minimum absolute atomic E-state index is 0.241. The molecule has 3 aromatic carbocycles. The highest BCUT2D eigenvalue weighted by molar-refractivity contribution is 7.97. The highest BCUT2D eigenvalue weighted by atomic mass is 35.5. The van der Waals surface area contributed by atoms with Gasteiger partial charge in [0, 0.05) is 57.9 Å². The zero-order valence-corrected chi connectivity index (χ0v) is 25.5. The smallest absolute Gasteiger partial charge is 0.255 e. The number of aromatic nitrogens is 3. The topological polar surface area (TPSA) is 124 Å². The Balaban J connectivity index is 0.00000135. The number of carbonyl (C=O) groups excluding carboxylic acids is 2. The highest BCUT2D eigenvalue weighted by Gasteiger charge is 2.13. The van der Waals surface area contributed by atoms with Crippen molar-refractivity contribution < 1.29 is 9.59 Å². The Labute approximate surface area is 259 Å². The van der Waals surface area contributed by atoms with Gasteiger partial charge in [-0.2, -0.15) is 11.8 Å². The van der Waals surface area contributed by atoms with E-state index in [2.05, 4.69) is 36.2 Å². The van der Waals surface area contributed by atoms with Gasteiger partial charge < -0.3 is 26.3 Å². The van der Waals surface area contributed by atoms with Crippen molar-refractivity contribution in [3.8, 4) is 11.3 Å². The van der Waals surface area contributed by atoms with Crippen LogP contribution in [0.5, 0.6) is 0 Å². The number of amides is 2. The molecule has 0 radical (unpaired) electrons. The van der Waals surface area contributed by atoms with Crippen LogP contribution < -0.4 is 21.3 Å². The van der Waals surface area contributed by atoms with E-state index in [-0.39, 0.29) is 11.8 Å². The van der Waals surface area contributed by atoms with Crippen molar-refractivity contribution in [3.05, 3.63) is 108 Å². The number of carbonyl (C=O) groups is 2. The van der Waals surface area contributed by atoms with Gasteiger partial charge >= 0.3 is 0 Å². The molecule has 0 spiro atoms. The molecule has 2 heterocycles. The van der Waals surface area contributed by atoms with Crippen molar-refractivity contribution in [2.24, 2.45) is 0 Å². The summed E-state index contributed by atoms with van der Waals surface area (Å²) >= 11 is 8.20. The number of aromatic amines is 1. The van der Waals surface area contributed by atoms with E-state index in [1.54, 1.807) is 67.5 Å². The molecule has 0 aliphatic carbocycles. The SMILES string of the molecule is CNC/C=C/C(=O)Nc1ccc(C(=O)Nc2cccc(Nc3ncc(Cl)c(-c4c[nH]c5ccccc45)n3)c2)cc1.CSC. The van der Waals surface area contributed by atoms with Crippen molar-refractivity contribution >= 4 is 69.1 Å². The van der Waals surface area contributed by atoms with Gasteiger partial charge in [0.05, 0.1) is 16.9 Å². The molecule has 2 aromatic heterocycles. The van der Waals surface area contributed by atoms with Crippen LogP contribution in [0.4, 0.5) is 23.0 Å². The number of likely N-dealkylation sites (N-methyl/N-ethyl adjacent to an activating group) is 1. The van der Waals surface area contributed by atoms with Crippen LogP contribution in [0.2, 0.25) is 5.02 Å². The number of nitrogens with zero attached hydrogens (tertiary/aromatic N) is 2. The van der Waals surface area contributed by atoms with Crippen molar-refractivity contribution in [2.45, 2.75) is 0 Å². The van der Waals surface area contributed by atoms with Crippen LogP contribution in [0, 0.1) is 0 Å². The Morgan fingerprint density at radius 2 is 1.70 bits per heavy atom. The summed E-state index contributed by atoms with van der Waals surface area (Å²) < 4.78 is 0. The number of hydrogen-bond donors (Lipinski definition) is 5. The normalized spacial score (nSPS) is 10.7. The lowest BCUT2D eigenvalue weighted by Crippen LogP contribution is -2.13. The summed E-state index contributed by atoms with van der Waals surface area (Å²) in [5.41, 5.74) is 4.80. The number of anilines is 4. The lowest BCUT2D eigenvalue weighted by molar-refractivity contribution is -0.111. The third kappa shape index (κ3) is 8.68. The van der Waals surface area contributed by atoms with Gasteiger partial charge in [0.15, 0.2) is 0 Å². The number of nitrogens with one attached hydrogen (secondary N) is 5. The highest BCUT2D eigenvalue weighted by Crippen LogP contribution is 2.32.